The molecular formula is C49H48O6. The Labute approximate surface area is 322 Å². The van der Waals surface area contributed by atoms with Crippen LogP contribution in [0.1, 0.15) is 120 Å². The van der Waals surface area contributed by atoms with Gasteiger partial charge in [0.05, 0.1) is 0 Å². The van der Waals surface area contributed by atoms with Gasteiger partial charge in [0.2, 0.25) is 0 Å². The quantitative estimate of drug-likeness (QED) is 0.100. The lowest BCUT2D eigenvalue weighted by Gasteiger charge is -2.21. The van der Waals surface area contributed by atoms with Gasteiger partial charge in [-0.15, -0.1) is 0 Å². The number of phenols is 6. The van der Waals surface area contributed by atoms with E-state index in [0.717, 1.165) is 55.6 Å². The van der Waals surface area contributed by atoms with Crippen molar-refractivity contribution in [3.05, 3.63) is 173 Å². The molecule has 2 aliphatic carbocycles. The first-order valence-corrected chi connectivity index (χ1v) is 19.2. The smallest absolute Gasteiger partial charge is 0.122 e. The van der Waals surface area contributed by atoms with Crippen LogP contribution in [0.4, 0.5) is 0 Å². The second-order valence-electron chi connectivity index (χ2n) is 16.4. The van der Waals surface area contributed by atoms with Gasteiger partial charge in [-0.3, -0.25) is 0 Å². The van der Waals surface area contributed by atoms with Gasteiger partial charge in [-0.1, -0.05) is 92.2 Å². The van der Waals surface area contributed by atoms with Crippen molar-refractivity contribution in [3.63, 3.8) is 0 Å². The van der Waals surface area contributed by atoms with Gasteiger partial charge in [0.15, 0.2) is 0 Å². The van der Waals surface area contributed by atoms with E-state index in [1.165, 1.54) is 0 Å². The fraction of sp³-hybridized carbons (Fsp3) is 0.265. The molecule has 0 spiro atoms. The minimum Gasteiger partial charge on any atom is -0.507 e. The average molecular weight is 733 g/mol. The Bertz CT molecular complexity index is 2540. The molecular weight excluding hydrogens is 685 g/mol. The number of aromatic hydroxyl groups is 6. The Hall–Kier alpha value is -5.88. The Morgan fingerprint density at radius 2 is 0.582 bits per heavy atom. The Kier molecular flexibility index (Phi) is 9.03. The summed E-state index contributed by atoms with van der Waals surface area (Å²) in [5, 5.41) is 70.3. The maximum atomic E-state index is 12.1. The number of fused-ring (bicyclic) bond motifs is 12. The normalized spacial score (nSPS) is 13.6. The van der Waals surface area contributed by atoms with Gasteiger partial charge in [-0.2, -0.15) is 0 Å². The molecule has 6 aromatic rings. The van der Waals surface area contributed by atoms with Crippen molar-refractivity contribution >= 4 is 0 Å². The lowest BCUT2D eigenvalue weighted by atomic mass is 9.86. The molecule has 55 heavy (non-hydrogen) atoms. The van der Waals surface area contributed by atoms with Gasteiger partial charge in [0.1, 0.15) is 34.5 Å². The van der Waals surface area contributed by atoms with Crippen LogP contribution in [0.25, 0.3) is 0 Å². The molecule has 0 fully saturated rings. The van der Waals surface area contributed by atoms with Gasteiger partial charge < -0.3 is 30.6 Å². The van der Waals surface area contributed by atoms with E-state index < -0.39 is 0 Å². The van der Waals surface area contributed by atoms with Crippen LogP contribution in [0.3, 0.4) is 0 Å². The van der Waals surface area contributed by atoms with Crippen LogP contribution in [-0.4, -0.2) is 30.6 Å². The molecule has 0 saturated carbocycles. The van der Waals surface area contributed by atoms with Crippen molar-refractivity contribution in [2.45, 2.75) is 85.5 Å². The summed E-state index contributed by atoms with van der Waals surface area (Å²) in [5.74, 6) is 1.11. The lowest BCUT2D eigenvalue weighted by Crippen LogP contribution is -2.05. The van der Waals surface area contributed by atoms with Crippen LogP contribution in [0.5, 0.6) is 34.5 Å². The lowest BCUT2D eigenvalue weighted by molar-refractivity contribution is 0.450. The van der Waals surface area contributed by atoms with Crippen molar-refractivity contribution in [2.24, 2.45) is 0 Å². The van der Waals surface area contributed by atoms with Crippen molar-refractivity contribution < 1.29 is 30.6 Å². The summed E-state index contributed by atoms with van der Waals surface area (Å²) in [6, 6.07) is 23.8. The fourth-order valence-electron chi connectivity index (χ4n) is 8.84. The zero-order valence-electron chi connectivity index (χ0n) is 32.1. The third kappa shape index (κ3) is 6.86. The Morgan fingerprint density at radius 1 is 0.327 bits per heavy atom. The van der Waals surface area contributed by atoms with Gasteiger partial charge >= 0.3 is 0 Å². The molecule has 14 bridgehead atoms. The van der Waals surface area contributed by atoms with E-state index in [4.69, 9.17) is 0 Å². The van der Waals surface area contributed by atoms with E-state index >= 15 is 0 Å². The molecule has 0 radical (unpaired) electrons. The highest BCUT2D eigenvalue weighted by Crippen LogP contribution is 2.41. The van der Waals surface area contributed by atoms with Crippen LogP contribution in [-0.2, 0) is 44.9 Å². The molecule has 0 aliphatic heterocycles. The average Bonchev–Trinajstić information content (AvgIpc) is 3.12. The molecule has 0 heterocycles. The molecule has 0 amide bonds. The van der Waals surface area contributed by atoms with E-state index in [1.54, 1.807) is 0 Å². The van der Waals surface area contributed by atoms with Crippen molar-refractivity contribution in [3.8, 4) is 34.5 Å². The highest BCUT2D eigenvalue weighted by molar-refractivity contribution is 5.59. The molecule has 6 aromatic carbocycles. The number of rotatable bonds is 1. The molecule has 0 aromatic heterocycles. The van der Waals surface area contributed by atoms with Crippen LogP contribution >= 0.6 is 0 Å². The predicted octanol–water partition coefficient (Wildman–Crippen LogP) is 9.73. The largest absolute Gasteiger partial charge is 0.507 e. The van der Waals surface area contributed by atoms with E-state index in [2.05, 4.69) is 13.8 Å². The number of hydrogen-bond donors (Lipinski definition) is 6. The van der Waals surface area contributed by atoms with Gasteiger partial charge in [0, 0.05) is 32.1 Å². The zero-order chi connectivity index (χ0) is 38.9. The molecule has 0 saturated heterocycles. The van der Waals surface area contributed by atoms with Crippen molar-refractivity contribution in [1.29, 1.82) is 0 Å². The first kappa shape index (κ1) is 36.1. The molecule has 6 N–H and O–H groups in total. The number of aryl methyl sites for hydroxylation is 3. The van der Waals surface area contributed by atoms with Gasteiger partial charge in [-0.25, -0.2) is 0 Å². The third-order valence-electron chi connectivity index (χ3n) is 11.6. The monoisotopic (exact) mass is 732 g/mol. The van der Waals surface area contributed by atoms with Gasteiger partial charge in [0.25, 0.3) is 0 Å². The summed E-state index contributed by atoms with van der Waals surface area (Å²) in [4.78, 5) is 0. The second-order valence-corrected chi connectivity index (χ2v) is 16.4. The molecule has 2 aliphatic rings. The molecule has 0 atom stereocenters. The van der Waals surface area contributed by atoms with Crippen molar-refractivity contribution in [2.75, 3.05) is 0 Å². The summed E-state index contributed by atoms with van der Waals surface area (Å²) < 4.78 is 0. The van der Waals surface area contributed by atoms with Gasteiger partial charge in [-0.05, 0) is 134 Å². The highest BCUT2D eigenvalue weighted by atomic mass is 16.3. The molecule has 0 unspecified atom stereocenters. The second kappa shape index (κ2) is 13.8. The zero-order valence-corrected chi connectivity index (χ0v) is 32.1. The fourth-order valence-corrected chi connectivity index (χ4v) is 8.84. The maximum Gasteiger partial charge on any atom is 0.122 e. The first-order valence-electron chi connectivity index (χ1n) is 19.2. The number of phenolic OH excluding ortho intramolecular Hbond substituents is 6. The summed E-state index contributed by atoms with van der Waals surface area (Å²) in [5.41, 5.74) is 14.2. The van der Waals surface area contributed by atoms with Crippen LogP contribution in [0.15, 0.2) is 72.8 Å². The SMILES string of the molecule is Cc1cc2c(O)c(c1)Cc1cc(C(C)C)cc(c1O)Cc1cc3cc(c1O)Cc1cc(cc(c1O)C2)Cc1cc(C)c(O)c(c1)Cc1cc(cc(C)c1O)C3. The van der Waals surface area contributed by atoms with Crippen molar-refractivity contribution in [1.82, 2.24) is 0 Å². The Balaban J connectivity index is 1.42. The minimum atomic E-state index is 0.122. The van der Waals surface area contributed by atoms with Crippen LogP contribution in [0, 0.1) is 20.8 Å². The summed E-state index contributed by atoms with van der Waals surface area (Å²) in [7, 11) is 0. The summed E-state index contributed by atoms with van der Waals surface area (Å²) in [6.07, 6.45) is 2.43. The number of benzene rings is 6. The Morgan fingerprint density at radius 3 is 0.891 bits per heavy atom. The first-order chi connectivity index (χ1) is 26.2. The summed E-state index contributed by atoms with van der Waals surface area (Å²) >= 11 is 0. The molecule has 6 nitrogen and oxygen atoms in total. The molecule has 6 heteroatoms. The maximum absolute atomic E-state index is 12.1. The molecule has 280 valence electrons. The minimum absolute atomic E-state index is 0.122. The highest BCUT2D eigenvalue weighted by Gasteiger charge is 2.23. The number of hydrogen-bond acceptors (Lipinski definition) is 6. The van der Waals surface area contributed by atoms with E-state index in [1.807, 2.05) is 93.6 Å². The van der Waals surface area contributed by atoms with E-state index in [9.17, 15) is 30.6 Å². The van der Waals surface area contributed by atoms with E-state index in [-0.39, 0.29) is 59.7 Å². The summed E-state index contributed by atoms with van der Waals surface area (Å²) in [6.45, 7) is 9.99. The predicted molar refractivity (Wildman–Crippen MR) is 217 cm³/mol. The molecule has 8 rings (SSSR count). The standard InChI is InChI=1S/C49H48O6/c1-25(2)33-18-42-21-35-7-26(3)6-34(46(35)52)20-38-14-31-10-29-8-27(4)44(50)36(12-29)22-37-13-30(9-28(5)45(37)51)11-32-16-40(23-39(15-31)47(38)53)48(54)41(17-32)24-43(19-33)49(42)55/h6-9,12-19,25,50-55H,10-11,20-24H2,1-5H3. The third-order valence-corrected chi connectivity index (χ3v) is 11.6. The van der Waals surface area contributed by atoms with Crippen LogP contribution in [0.2, 0.25) is 0 Å². The topological polar surface area (TPSA) is 121 Å². The van der Waals surface area contributed by atoms with Crippen LogP contribution < -0.4 is 0 Å². The van der Waals surface area contributed by atoms with E-state index in [0.29, 0.717) is 70.2 Å².